The first kappa shape index (κ1) is 26.6. The molecular formula is C30H30N2O6S. The number of sulfone groups is 1. The van der Waals surface area contributed by atoms with Crippen LogP contribution >= 0.6 is 0 Å². The Labute approximate surface area is 228 Å². The summed E-state index contributed by atoms with van der Waals surface area (Å²) in [7, 11) is -3.68. The molecule has 0 unspecified atom stereocenters. The first-order valence-corrected chi connectivity index (χ1v) is 14.4. The highest BCUT2D eigenvalue weighted by Gasteiger charge is 2.58. The van der Waals surface area contributed by atoms with Crippen molar-refractivity contribution in [3.05, 3.63) is 103 Å². The number of para-hydroxylation sites is 1. The summed E-state index contributed by atoms with van der Waals surface area (Å²) in [6.45, 7) is 4.49. The summed E-state index contributed by atoms with van der Waals surface area (Å²) >= 11 is 0. The second kappa shape index (κ2) is 11.0. The van der Waals surface area contributed by atoms with Gasteiger partial charge in [-0.2, -0.15) is 0 Å². The maximum absolute atomic E-state index is 14.2. The monoisotopic (exact) mass is 546 g/mol. The molecule has 1 amide bonds. The highest BCUT2D eigenvalue weighted by molar-refractivity contribution is 7.91. The topological polar surface area (TPSA) is 106 Å². The van der Waals surface area contributed by atoms with Crippen LogP contribution in [-0.2, 0) is 19.4 Å². The number of aliphatic hydroxyl groups is 1. The van der Waals surface area contributed by atoms with Crippen molar-refractivity contribution in [2.75, 3.05) is 30.4 Å². The lowest BCUT2D eigenvalue weighted by molar-refractivity contribution is -0.127. The number of carbonyl (C=O) groups excluding carboxylic acids is 1. The number of carbonyl (C=O) groups is 1. The van der Waals surface area contributed by atoms with Gasteiger partial charge in [0.1, 0.15) is 5.75 Å². The zero-order valence-corrected chi connectivity index (χ0v) is 22.2. The third-order valence-electron chi connectivity index (χ3n) is 6.93. The average Bonchev–Trinajstić information content (AvgIpc) is 3.37. The number of fused-ring (bicyclic) bond motifs is 3. The summed E-state index contributed by atoms with van der Waals surface area (Å²) in [5.74, 6) is 0.294. The molecule has 9 heteroatoms. The third kappa shape index (κ3) is 5.07. The minimum Gasteiger partial charge on any atom is -0.494 e. The highest BCUT2D eigenvalue weighted by Crippen LogP contribution is 2.50. The summed E-state index contributed by atoms with van der Waals surface area (Å²) in [5.41, 5.74) is 0.631. The Morgan fingerprint density at radius 2 is 1.77 bits per heavy atom. The first-order chi connectivity index (χ1) is 18.9. The van der Waals surface area contributed by atoms with E-state index in [-0.39, 0.29) is 42.0 Å². The molecule has 202 valence electrons. The van der Waals surface area contributed by atoms with Gasteiger partial charge in [0.2, 0.25) is 5.90 Å². The lowest BCUT2D eigenvalue weighted by atomic mass is 9.80. The number of aliphatic imine (C=N–C) groups is 1. The van der Waals surface area contributed by atoms with E-state index in [0.717, 1.165) is 5.56 Å². The normalized spacial score (nSPS) is 20.0. The summed E-state index contributed by atoms with van der Waals surface area (Å²) < 4.78 is 38.5. The molecule has 0 saturated heterocycles. The van der Waals surface area contributed by atoms with Gasteiger partial charge >= 0.3 is 0 Å². The van der Waals surface area contributed by atoms with Gasteiger partial charge < -0.3 is 19.5 Å². The maximum Gasteiger partial charge on any atom is 0.259 e. The van der Waals surface area contributed by atoms with E-state index in [1.807, 2.05) is 24.3 Å². The minimum absolute atomic E-state index is 0.0462. The van der Waals surface area contributed by atoms with Crippen molar-refractivity contribution in [1.29, 1.82) is 0 Å². The molecule has 0 radical (unpaired) electrons. The van der Waals surface area contributed by atoms with Crippen LogP contribution in [0.2, 0.25) is 0 Å². The molecule has 2 aliphatic rings. The maximum atomic E-state index is 14.2. The van der Waals surface area contributed by atoms with Crippen LogP contribution in [0.5, 0.6) is 5.75 Å². The number of nitrogens with zero attached hydrogens (tertiary/aromatic N) is 2. The summed E-state index contributed by atoms with van der Waals surface area (Å²) in [5, 5.41) is 8.97. The molecule has 39 heavy (non-hydrogen) atoms. The quantitative estimate of drug-likeness (QED) is 0.287. The smallest absolute Gasteiger partial charge is 0.259 e. The Balaban J connectivity index is 1.54. The predicted octanol–water partition coefficient (Wildman–Crippen LogP) is 4.10. The molecular weight excluding hydrogens is 516 g/mol. The molecule has 0 aromatic heterocycles. The lowest BCUT2D eigenvalue weighted by Crippen LogP contribution is -2.55. The fourth-order valence-electron chi connectivity index (χ4n) is 4.97. The van der Waals surface area contributed by atoms with E-state index >= 15 is 0 Å². The van der Waals surface area contributed by atoms with Crippen LogP contribution in [0.15, 0.2) is 101 Å². The van der Waals surface area contributed by atoms with E-state index in [1.165, 1.54) is 0 Å². The zero-order chi connectivity index (χ0) is 27.5. The molecule has 0 bridgehead atoms. The molecule has 0 aliphatic carbocycles. The minimum atomic E-state index is -3.68. The van der Waals surface area contributed by atoms with E-state index < -0.39 is 21.5 Å². The first-order valence-electron chi connectivity index (χ1n) is 12.8. The molecule has 0 spiro atoms. The van der Waals surface area contributed by atoms with Crippen molar-refractivity contribution in [3.8, 4) is 5.75 Å². The SMILES string of the molecule is C=CCN1C(=O)[C@@]2(CCS(=O)(=O)c3ccccc3)N=C(c3ccc(OCCCO)cc3)O[C@H]2c2ccccc21. The second-order valence-electron chi connectivity index (χ2n) is 9.43. The predicted molar refractivity (Wildman–Crippen MR) is 149 cm³/mol. The van der Waals surface area contributed by atoms with Crippen LogP contribution < -0.4 is 9.64 Å². The lowest BCUT2D eigenvalue weighted by Gasteiger charge is -2.41. The Morgan fingerprint density at radius 1 is 1.05 bits per heavy atom. The fourth-order valence-corrected chi connectivity index (χ4v) is 6.36. The van der Waals surface area contributed by atoms with Gasteiger partial charge in [-0.05, 0) is 42.5 Å². The molecule has 2 atom stereocenters. The molecule has 2 aliphatic heterocycles. The number of anilines is 1. The molecule has 5 rings (SSSR count). The van der Waals surface area contributed by atoms with E-state index in [4.69, 9.17) is 19.6 Å². The van der Waals surface area contributed by atoms with Crippen LogP contribution in [0, 0.1) is 0 Å². The van der Waals surface area contributed by atoms with Gasteiger partial charge in [-0.25, -0.2) is 13.4 Å². The van der Waals surface area contributed by atoms with Crippen molar-refractivity contribution < 1.29 is 27.8 Å². The van der Waals surface area contributed by atoms with Gasteiger partial charge in [-0.1, -0.05) is 42.5 Å². The van der Waals surface area contributed by atoms with Crippen LogP contribution in [0.4, 0.5) is 5.69 Å². The number of hydrogen-bond acceptors (Lipinski definition) is 7. The van der Waals surface area contributed by atoms with Gasteiger partial charge in [-0.3, -0.25) is 4.79 Å². The van der Waals surface area contributed by atoms with Gasteiger partial charge in [0, 0.05) is 37.1 Å². The summed E-state index contributed by atoms with van der Waals surface area (Å²) in [6.07, 6.45) is 1.32. The number of benzene rings is 3. The van der Waals surface area contributed by atoms with Gasteiger partial charge in [0.25, 0.3) is 5.91 Å². The van der Waals surface area contributed by atoms with Crippen molar-refractivity contribution in [2.45, 2.75) is 29.4 Å². The molecule has 3 aromatic carbocycles. The molecule has 2 heterocycles. The van der Waals surface area contributed by atoms with E-state index in [0.29, 0.717) is 30.0 Å². The molecule has 8 nitrogen and oxygen atoms in total. The third-order valence-corrected chi connectivity index (χ3v) is 8.66. The van der Waals surface area contributed by atoms with Crippen molar-refractivity contribution >= 4 is 27.3 Å². The van der Waals surface area contributed by atoms with Crippen LogP contribution in [-0.4, -0.2) is 56.4 Å². The zero-order valence-electron chi connectivity index (χ0n) is 21.4. The number of aliphatic hydroxyl groups excluding tert-OH is 1. The van der Waals surface area contributed by atoms with Crippen molar-refractivity contribution in [1.82, 2.24) is 0 Å². The highest BCUT2D eigenvalue weighted by atomic mass is 32.2. The van der Waals surface area contributed by atoms with Crippen molar-refractivity contribution in [2.24, 2.45) is 4.99 Å². The Hall–Kier alpha value is -3.95. The van der Waals surface area contributed by atoms with Crippen LogP contribution in [0.25, 0.3) is 0 Å². The Morgan fingerprint density at radius 3 is 2.49 bits per heavy atom. The summed E-state index contributed by atoms with van der Waals surface area (Å²) in [6, 6.07) is 22.8. The fraction of sp³-hybridized carbons (Fsp3) is 0.267. The van der Waals surface area contributed by atoms with E-state index in [2.05, 4.69) is 6.58 Å². The molecule has 0 fully saturated rings. The van der Waals surface area contributed by atoms with Gasteiger partial charge in [0.05, 0.1) is 22.9 Å². The number of rotatable bonds is 11. The van der Waals surface area contributed by atoms with Crippen molar-refractivity contribution in [3.63, 3.8) is 0 Å². The Bertz CT molecular complexity index is 1490. The standard InChI is InChI=1S/C30H30N2O6S/c1-2-18-32-26-12-7-6-11-25(26)27-30(29(32)34,17-21-39(35,36)24-9-4-3-5-10-24)31-28(38-27)22-13-15-23(16-14-22)37-20-8-19-33/h2-7,9-16,27,33H,1,8,17-21H2/t27-,30-/m0/s1. The van der Waals surface area contributed by atoms with Crippen LogP contribution in [0.3, 0.4) is 0 Å². The second-order valence-corrected chi connectivity index (χ2v) is 11.5. The largest absolute Gasteiger partial charge is 0.494 e. The molecule has 3 aromatic rings. The number of ether oxygens (including phenoxy) is 2. The summed E-state index contributed by atoms with van der Waals surface area (Å²) in [4.78, 5) is 20.8. The number of hydrogen-bond donors (Lipinski definition) is 1. The number of amides is 1. The van der Waals surface area contributed by atoms with E-state index in [9.17, 15) is 13.2 Å². The molecule has 0 saturated carbocycles. The van der Waals surface area contributed by atoms with Gasteiger partial charge in [-0.15, -0.1) is 6.58 Å². The van der Waals surface area contributed by atoms with Crippen LogP contribution in [0.1, 0.15) is 30.1 Å². The Kier molecular flexibility index (Phi) is 7.54. The molecule has 1 N–H and O–H groups in total. The average molecular weight is 547 g/mol. The van der Waals surface area contributed by atoms with Gasteiger partial charge in [0.15, 0.2) is 21.5 Å². The van der Waals surface area contributed by atoms with E-state index in [1.54, 1.807) is 65.6 Å².